The summed E-state index contributed by atoms with van der Waals surface area (Å²) in [5.41, 5.74) is 3.30. The van der Waals surface area contributed by atoms with Gasteiger partial charge >= 0.3 is 0 Å². The first-order valence-electron chi connectivity index (χ1n) is 6.42. The van der Waals surface area contributed by atoms with Crippen LogP contribution in [0.5, 0.6) is 5.75 Å². The molecule has 0 saturated carbocycles. The van der Waals surface area contributed by atoms with Gasteiger partial charge in [0, 0.05) is 18.6 Å². The summed E-state index contributed by atoms with van der Waals surface area (Å²) in [4.78, 5) is 4.24. The first kappa shape index (κ1) is 11.8. The molecule has 1 aromatic carbocycles. The highest BCUT2D eigenvalue weighted by Gasteiger charge is 2.02. The Morgan fingerprint density at radius 2 is 1.74 bits per heavy atom. The highest BCUT2D eigenvalue weighted by atomic mass is 16.5. The molecule has 0 atom stereocenters. The van der Waals surface area contributed by atoms with Gasteiger partial charge in [0.2, 0.25) is 0 Å². The number of hydrogen-bond donors (Lipinski definition) is 0. The van der Waals surface area contributed by atoms with E-state index in [1.54, 1.807) is 6.20 Å². The van der Waals surface area contributed by atoms with Crippen LogP contribution in [0.3, 0.4) is 0 Å². The third-order valence-electron chi connectivity index (χ3n) is 2.95. The van der Waals surface area contributed by atoms with E-state index in [-0.39, 0.29) is 6.10 Å². The Morgan fingerprint density at radius 3 is 2.47 bits per heavy atom. The van der Waals surface area contributed by atoms with Crippen LogP contribution in [0.4, 0.5) is 0 Å². The third-order valence-corrected chi connectivity index (χ3v) is 2.95. The lowest BCUT2D eigenvalue weighted by Crippen LogP contribution is -2.05. The van der Waals surface area contributed by atoms with Gasteiger partial charge in [0.05, 0.1) is 6.10 Å². The van der Waals surface area contributed by atoms with E-state index >= 15 is 0 Å². The van der Waals surface area contributed by atoms with E-state index in [9.17, 15) is 0 Å². The average molecular weight is 252 g/mol. The zero-order valence-corrected chi connectivity index (χ0v) is 11.1. The van der Waals surface area contributed by atoms with Gasteiger partial charge in [0.25, 0.3) is 0 Å². The van der Waals surface area contributed by atoms with Gasteiger partial charge in [0.1, 0.15) is 11.4 Å². The molecule has 0 spiro atoms. The Bertz CT molecular complexity index is 683. The summed E-state index contributed by atoms with van der Waals surface area (Å²) in [6.07, 6.45) is 6.04. The van der Waals surface area contributed by atoms with Crippen LogP contribution in [0.1, 0.15) is 13.8 Å². The Kier molecular flexibility index (Phi) is 2.95. The van der Waals surface area contributed by atoms with Crippen molar-refractivity contribution in [3.05, 3.63) is 55.0 Å². The number of aromatic nitrogens is 2. The average Bonchev–Trinajstić information content (AvgIpc) is 2.86. The number of nitrogens with zero attached hydrogens (tertiary/aromatic N) is 2. The normalized spacial score (nSPS) is 11.1. The van der Waals surface area contributed by atoms with Crippen molar-refractivity contribution in [3.8, 4) is 16.9 Å². The number of hydrogen-bond acceptors (Lipinski definition) is 2. The molecule has 0 bridgehead atoms. The lowest BCUT2D eigenvalue weighted by Gasteiger charge is -2.10. The van der Waals surface area contributed by atoms with Crippen LogP contribution in [-0.2, 0) is 0 Å². The maximum Gasteiger partial charge on any atom is 0.136 e. The molecule has 3 heteroatoms. The van der Waals surface area contributed by atoms with Crippen LogP contribution in [0.2, 0.25) is 0 Å². The van der Waals surface area contributed by atoms with Gasteiger partial charge in [-0.3, -0.25) is 0 Å². The minimum atomic E-state index is 0.202. The summed E-state index contributed by atoms with van der Waals surface area (Å²) in [6.45, 7) is 4.06. The second-order valence-electron chi connectivity index (χ2n) is 4.80. The summed E-state index contributed by atoms with van der Waals surface area (Å²) in [5, 5.41) is 0. The predicted molar refractivity (Wildman–Crippen MR) is 76.4 cm³/mol. The van der Waals surface area contributed by atoms with Crippen molar-refractivity contribution in [2.75, 3.05) is 0 Å². The molecule has 0 N–H and O–H groups in total. The number of ether oxygens (including phenoxy) is 1. The summed E-state index contributed by atoms with van der Waals surface area (Å²) in [7, 11) is 0. The molecule has 0 aliphatic carbocycles. The quantitative estimate of drug-likeness (QED) is 0.709. The maximum absolute atomic E-state index is 5.65. The van der Waals surface area contributed by atoms with Crippen LogP contribution >= 0.6 is 0 Å². The molecule has 0 unspecified atom stereocenters. The zero-order valence-electron chi connectivity index (χ0n) is 11.1. The molecule has 2 heterocycles. The minimum absolute atomic E-state index is 0.202. The van der Waals surface area contributed by atoms with Crippen LogP contribution in [0.25, 0.3) is 16.8 Å². The second kappa shape index (κ2) is 4.76. The first-order valence-corrected chi connectivity index (χ1v) is 6.42. The van der Waals surface area contributed by atoms with E-state index in [2.05, 4.69) is 29.4 Å². The van der Waals surface area contributed by atoms with Gasteiger partial charge in [-0.25, -0.2) is 4.98 Å². The molecule has 3 nitrogen and oxygen atoms in total. The number of pyridine rings is 1. The fraction of sp³-hybridized carbons (Fsp3) is 0.188. The van der Waals surface area contributed by atoms with E-state index in [0.29, 0.717) is 0 Å². The first-order chi connectivity index (χ1) is 9.22. The van der Waals surface area contributed by atoms with Crippen molar-refractivity contribution in [3.63, 3.8) is 0 Å². The Hall–Kier alpha value is -2.29. The van der Waals surface area contributed by atoms with Crippen molar-refractivity contribution in [1.82, 2.24) is 9.38 Å². The van der Waals surface area contributed by atoms with Crippen LogP contribution in [0, 0.1) is 0 Å². The topological polar surface area (TPSA) is 26.5 Å². The van der Waals surface area contributed by atoms with Crippen molar-refractivity contribution >= 4 is 5.65 Å². The molecule has 0 fully saturated rings. The summed E-state index contributed by atoms with van der Waals surface area (Å²) in [6, 6.07) is 12.3. The monoisotopic (exact) mass is 252 g/mol. The molecule has 0 aliphatic heterocycles. The van der Waals surface area contributed by atoms with Crippen LogP contribution < -0.4 is 4.74 Å². The van der Waals surface area contributed by atoms with Crippen molar-refractivity contribution in [2.45, 2.75) is 20.0 Å². The van der Waals surface area contributed by atoms with Gasteiger partial charge < -0.3 is 9.14 Å². The van der Waals surface area contributed by atoms with Crippen LogP contribution in [-0.4, -0.2) is 15.5 Å². The maximum atomic E-state index is 5.65. The Morgan fingerprint density at radius 1 is 1.00 bits per heavy atom. The number of fused-ring (bicyclic) bond motifs is 1. The van der Waals surface area contributed by atoms with Gasteiger partial charge in [-0.1, -0.05) is 12.1 Å². The standard InChI is InChI=1S/C16H16N2O/c1-12(2)19-15-6-3-13(4-7-15)14-5-8-16-17-9-10-18(16)11-14/h3-12H,1-2H3. The van der Waals surface area contributed by atoms with Crippen molar-refractivity contribution in [2.24, 2.45) is 0 Å². The molecule has 96 valence electrons. The number of benzene rings is 1. The summed E-state index contributed by atoms with van der Waals surface area (Å²) < 4.78 is 7.67. The summed E-state index contributed by atoms with van der Waals surface area (Å²) >= 11 is 0. The second-order valence-corrected chi connectivity index (χ2v) is 4.80. The lowest BCUT2D eigenvalue weighted by atomic mass is 10.1. The van der Waals surface area contributed by atoms with E-state index in [0.717, 1.165) is 11.4 Å². The smallest absolute Gasteiger partial charge is 0.136 e. The molecule has 0 aliphatic rings. The summed E-state index contributed by atoms with van der Waals surface area (Å²) in [5.74, 6) is 0.905. The molecular weight excluding hydrogens is 236 g/mol. The lowest BCUT2D eigenvalue weighted by molar-refractivity contribution is 0.242. The molecule has 3 aromatic rings. The Balaban J connectivity index is 1.92. The molecule has 2 aromatic heterocycles. The van der Waals surface area contributed by atoms with E-state index in [4.69, 9.17) is 4.74 Å². The van der Waals surface area contributed by atoms with E-state index in [1.807, 2.05) is 42.6 Å². The third kappa shape index (κ3) is 2.45. The zero-order chi connectivity index (χ0) is 13.2. The van der Waals surface area contributed by atoms with E-state index < -0.39 is 0 Å². The van der Waals surface area contributed by atoms with Crippen LogP contribution in [0.15, 0.2) is 55.0 Å². The van der Waals surface area contributed by atoms with Crippen molar-refractivity contribution < 1.29 is 4.74 Å². The van der Waals surface area contributed by atoms with Gasteiger partial charge in [-0.2, -0.15) is 0 Å². The van der Waals surface area contributed by atoms with Gasteiger partial charge in [0.15, 0.2) is 0 Å². The van der Waals surface area contributed by atoms with Gasteiger partial charge in [-0.05, 0) is 49.2 Å². The SMILES string of the molecule is CC(C)Oc1ccc(-c2ccc3nccn3c2)cc1. The number of rotatable bonds is 3. The fourth-order valence-corrected chi connectivity index (χ4v) is 2.09. The predicted octanol–water partition coefficient (Wildman–Crippen LogP) is 3.79. The number of imidazole rings is 1. The molecule has 19 heavy (non-hydrogen) atoms. The minimum Gasteiger partial charge on any atom is -0.491 e. The van der Waals surface area contributed by atoms with E-state index in [1.165, 1.54) is 11.1 Å². The molecule has 0 saturated heterocycles. The highest BCUT2D eigenvalue weighted by molar-refractivity contribution is 5.65. The highest BCUT2D eigenvalue weighted by Crippen LogP contribution is 2.23. The van der Waals surface area contributed by atoms with Crippen molar-refractivity contribution in [1.29, 1.82) is 0 Å². The molecule has 3 rings (SSSR count). The fourth-order valence-electron chi connectivity index (χ4n) is 2.09. The molecule has 0 amide bonds. The Labute approximate surface area is 112 Å². The van der Waals surface area contributed by atoms with Gasteiger partial charge in [-0.15, -0.1) is 0 Å². The largest absolute Gasteiger partial charge is 0.491 e. The molecular formula is C16H16N2O. The molecule has 0 radical (unpaired) electrons.